The van der Waals surface area contributed by atoms with Crippen LogP contribution in [0.3, 0.4) is 0 Å². The van der Waals surface area contributed by atoms with Gasteiger partial charge in [-0.2, -0.15) is 0 Å². The fourth-order valence-corrected chi connectivity index (χ4v) is 4.02. The summed E-state index contributed by atoms with van der Waals surface area (Å²) in [7, 11) is 0. The minimum absolute atomic E-state index is 0.140. The van der Waals surface area contributed by atoms with Crippen molar-refractivity contribution in [1.29, 1.82) is 0 Å². The van der Waals surface area contributed by atoms with E-state index in [2.05, 4.69) is 18.2 Å². The molecule has 4 heteroatoms. The Labute approximate surface area is 131 Å². The highest BCUT2D eigenvalue weighted by Gasteiger charge is 2.45. The number of unbranched alkanes of at least 4 members (excludes halogenated alkanes) is 1. The number of hydrogen-bond acceptors (Lipinski definition) is 2. The number of carboxylic acids is 1. The number of para-hydroxylation sites is 1. The predicted octanol–water partition coefficient (Wildman–Crippen LogP) is 3.49. The Morgan fingerprint density at radius 3 is 2.50 bits per heavy atom. The molecule has 1 spiro atoms. The van der Waals surface area contributed by atoms with Crippen molar-refractivity contribution < 1.29 is 14.7 Å². The molecule has 1 aliphatic heterocycles. The molecule has 22 heavy (non-hydrogen) atoms. The molecule has 0 saturated heterocycles. The summed E-state index contributed by atoms with van der Waals surface area (Å²) < 4.78 is 0. The highest BCUT2D eigenvalue weighted by atomic mass is 16.4. The summed E-state index contributed by atoms with van der Waals surface area (Å²) in [6.07, 6.45) is 6.65. The second kappa shape index (κ2) is 6.11. The third-order valence-corrected chi connectivity index (χ3v) is 5.12. The van der Waals surface area contributed by atoms with Crippen molar-refractivity contribution >= 4 is 17.6 Å². The Kier molecular flexibility index (Phi) is 4.19. The molecule has 3 rings (SSSR count). The summed E-state index contributed by atoms with van der Waals surface area (Å²) in [4.78, 5) is 25.1. The Bertz CT molecular complexity index is 575. The summed E-state index contributed by atoms with van der Waals surface area (Å²) in [5.41, 5.74) is 2.59. The Morgan fingerprint density at radius 1 is 1.09 bits per heavy atom. The second-order valence-electron chi connectivity index (χ2n) is 6.59. The van der Waals surface area contributed by atoms with Crippen LogP contribution in [0.5, 0.6) is 0 Å². The van der Waals surface area contributed by atoms with Gasteiger partial charge in [0.15, 0.2) is 0 Å². The smallest absolute Gasteiger partial charge is 0.303 e. The zero-order valence-corrected chi connectivity index (χ0v) is 12.9. The fraction of sp³-hybridized carbons (Fsp3) is 0.556. The first kappa shape index (κ1) is 15.1. The average molecular weight is 301 g/mol. The van der Waals surface area contributed by atoms with Crippen LogP contribution in [0.15, 0.2) is 24.3 Å². The van der Waals surface area contributed by atoms with E-state index in [-0.39, 0.29) is 17.7 Å². The lowest BCUT2D eigenvalue weighted by atomic mass is 9.81. The van der Waals surface area contributed by atoms with Gasteiger partial charge in [0.25, 0.3) is 0 Å². The van der Waals surface area contributed by atoms with E-state index >= 15 is 0 Å². The van der Waals surface area contributed by atoms with Gasteiger partial charge >= 0.3 is 5.97 Å². The van der Waals surface area contributed by atoms with Crippen LogP contribution in [0.25, 0.3) is 0 Å². The molecule has 1 saturated carbocycles. The molecular weight excluding hydrogens is 278 g/mol. The number of amides is 1. The van der Waals surface area contributed by atoms with Crippen LogP contribution in [-0.2, 0) is 15.0 Å². The second-order valence-corrected chi connectivity index (χ2v) is 6.59. The van der Waals surface area contributed by atoms with Crippen molar-refractivity contribution in [3.63, 3.8) is 0 Å². The maximum Gasteiger partial charge on any atom is 0.303 e. The van der Waals surface area contributed by atoms with Gasteiger partial charge in [0.2, 0.25) is 5.91 Å². The molecule has 1 amide bonds. The standard InChI is InChI=1S/C18H23NO3/c20-16(9-3-4-10-17(21)22)19-13-18(11-5-6-12-18)14-7-1-2-8-15(14)19/h1-2,7-8H,3-6,9-13H2,(H,21,22). The van der Waals surface area contributed by atoms with Gasteiger partial charge in [-0.3, -0.25) is 9.59 Å². The fourth-order valence-electron chi connectivity index (χ4n) is 4.02. The lowest BCUT2D eigenvalue weighted by Crippen LogP contribution is -2.35. The van der Waals surface area contributed by atoms with E-state index in [1.165, 1.54) is 31.2 Å². The predicted molar refractivity (Wildman–Crippen MR) is 85.0 cm³/mol. The number of benzene rings is 1. The molecule has 1 heterocycles. The van der Waals surface area contributed by atoms with Gasteiger partial charge in [-0.1, -0.05) is 31.0 Å². The van der Waals surface area contributed by atoms with Crippen molar-refractivity contribution in [2.24, 2.45) is 0 Å². The minimum atomic E-state index is -0.788. The number of hydrogen-bond donors (Lipinski definition) is 1. The normalized spacial score (nSPS) is 18.6. The van der Waals surface area contributed by atoms with E-state index in [0.717, 1.165) is 12.2 Å². The van der Waals surface area contributed by atoms with Crippen LogP contribution >= 0.6 is 0 Å². The largest absolute Gasteiger partial charge is 0.481 e. The number of rotatable bonds is 5. The van der Waals surface area contributed by atoms with E-state index in [4.69, 9.17) is 5.11 Å². The maximum atomic E-state index is 12.6. The number of aliphatic carboxylic acids is 1. The number of carboxylic acid groups (broad SMARTS) is 1. The molecule has 118 valence electrons. The van der Waals surface area contributed by atoms with E-state index in [1.807, 2.05) is 11.0 Å². The first-order valence-electron chi connectivity index (χ1n) is 8.24. The Morgan fingerprint density at radius 2 is 1.77 bits per heavy atom. The lowest BCUT2D eigenvalue weighted by molar-refractivity contribution is -0.137. The molecule has 0 unspecified atom stereocenters. The molecule has 1 aromatic carbocycles. The quantitative estimate of drug-likeness (QED) is 0.847. The van der Waals surface area contributed by atoms with Crippen LogP contribution in [0.4, 0.5) is 5.69 Å². The summed E-state index contributed by atoms with van der Waals surface area (Å²) in [5.74, 6) is -0.648. The topological polar surface area (TPSA) is 57.6 Å². The van der Waals surface area contributed by atoms with Crippen molar-refractivity contribution in [3.05, 3.63) is 29.8 Å². The van der Waals surface area contributed by atoms with Crippen LogP contribution in [0.1, 0.15) is 56.9 Å². The molecule has 0 radical (unpaired) electrons. The van der Waals surface area contributed by atoms with Crippen molar-refractivity contribution in [2.75, 3.05) is 11.4 Å². The zero-order chi connectivity index (χ0) is 15.6. The highest BCUT2D eigenvalue weighted by Crippen LogP contribution is 2.50. The molecule has 1 aliphatic carbocycles. The molecule has 0 bridgehead atoms. The Balaban J connectivity index is 1.70. The van der Waals surface area contributed by atoms with Crippen molar-refractivity contribution in [3.8, 4) is 0 Å². The molecule has 0 aromatic heterocycles. The summed E-state index contributed by atoms with van der Waals surface area (Å²) in [6.45, 7) is 0.810. The first-order chi connectivity index (χ1) is 10.6. The number of nitrogens with zero attached hydrogens (tertiary/aromatic N) is 1. The summed E-state index contributed by atoms with van der Waals surface area (Å²) in [6, 6.07) is 8.30. The monoisotopic (exact) mass is 301 g/mol. The van der Waals surface area contributed by atoms with Crippen LogP contribution in [-0.4, -0.2) is 23.5 Å². The number of anilines is 1. The SMILES string of the molecule is O=C(O)CCCCC(=O)N1CC2(CCCC2)c2ccccc21. The van der Waals surface area contributed by atoms with E-state index in [1.54, 1.807) is 0 Å². The van der Waals surface area contributed by atoms with E-state index < -0.39 is 5.97 Å². The van der Waals surface area contributed by atoms with Gasteiger partial charge in [-0.25, -0.2) is 0 Å². The third-order valence-electron chi connectivity index (χ3n) is 5.12. The maximum absolute atomic E-state index is 12.6. The summed E-state index contributed by atoms with van der Waals surface area (Å²) in [5, 5.41) is 8.66. The number of fused-ring (bicyclic) bond motifs is 2. The van der Waals surface area contributed by atoms with Gasteiger partial charge in [0, 0.05) is 30.5 Å². The molecule has 4 nitrogen and oxygen atoms in total. The Hall–Kier alpha value is -1.84. The van der Waals surface area contributed by atoms with Gasteiger partial charge in [0.05, 0.1) is 0 Å². The van der Waals surface area contributed by atoms with E-state index in [9.17, 15) is 9.59 Å². The van der Waals surface area contributed by atoms with Crippen molar-refractivity contribution in [1.82, 2.24) is 0 Å². The van der Waals surface area contributed by atoms with Crippen molar-refractivity contribution in [2.45, 2.75) is 56.8 Å². The molecule has 2 aliphatic rings. The van der Waals surface area contributed by atoms with Gasteiger partial charge in [-0.05, 0) is 37.3 Å². The molecule has 1 N–H and O–H groups in total. The first-order valence-corrected chi connectivity index (χ1v) is 8.24. The van der Waals surface area contributed by atoms with Gasteiger partial charge in [-0.15, -0.1) is 0 Å². The van der Waals surface area contributed by atoms with Gasteiger partial charge in [0.1, 0.15) is 0 Å². The molecule has 1 fully saturated rings. The third kappa shape index (κ3) is 2.74. The van der Waals surface area contributed by atoms with Gasteiger partial charge < -0.3 is 10.0 Å². The molecular formula is C18H23NO3. The minimum Gasteiger partial charge on any atom is -0.481 e. The molecule has 0 atom stereocenters. The summed E-state index contributed by atoms with van der Waals surface area (Å²) >= 11 is 0. The number of carbonyl (C=O) groups is 2. The highest BCUT2D eigenvalue weighted by molar-refractivity contribution is 5.96. The lowest BCUT2D eigenvalue weighted by Gasteiger charge is -2.24. The average Bonchev–Trinajstić information content (AvgIpc) is 3.11. The zero-order valence-electron chi connectivity index (χ0n) is 12.9. The number of carbonyl (C=O) groups excluding carboxylic acids is 1. The van der Waals surface area contributed by atoms with E-state index in [0.29, 0.717) is 19.3 Å². The van der Waals surface area contributed by atoms with Crippen LogP contribution in [0, 0.1) is 0 Å². The van der Waals surface area contributed by atoms with Crippen LogP contribution in [0.2, 0.25) is 0 Å². The van der Waals surface area contributed by atoms with Crippen LogP contribution < -0.4 is 4.90 Å². The molecule has 1 aromatic rings.